The van der Waals surface area contributed by atoms with Crippen molar-refractivity contribution in [2.24, 2.45) is 0 Å². The van der Waals surface area contributed by atoms with Crippen LogP contribution in [0.2, 0.25) is 0 Å². The third-order valence-electron chi connectivity index (χ3n) is 3.39. The second-order valence-electron chi connectivity index (χ2n) is 5.00. The highest BCUT2D eigenvalue weighted by Crippen LogP contribution is 2.34. The molecular weight excluding hydrogens is 326 g/mol. The Kier molecular flexibility index (Phi) is 4.65. The smallest absolute Gasteiger partial charge is 0.305 e. The van der Waals surface area contributed by atoms with E-state index in [1.54, 1.807) is 12.1 Å². The Labute approximate surface area is 125 Å². The predicted molar refractivity (Wildman–Crippen MR) is 76.6 cm³/mol. The Morgan fingerprint density at radius 1 is 1.30 bits per heavy atom. The van der Waals surface area contributed by atoms with Crippen LogP contribution in [0.15, 0.2) is 28.7 Å². The van der Waals surface area contributed by atoms with Gasteiger partial charge in [-0.2, -0.15) is 0 Å². The molecule has 0 unspecified atom stereocenters. The molecule has 5 nitrogen and oxygen atoms in total. The van der Waals surface area contributed by atoms with Crippen LogP contribution in [0, 0.1) is 0 Å². The maximum atomic E-state index is 11.8. The van der Waals surface area contributed by atoms with Crippen LogP contribution in [0.4, 0.5) is 0 Å². The molecule has 1 aliphatic rings. The quantitative estimate of drug-likeness (QED) is 0.832. The van der Waals surface area contributed by atoms with Crippen molar-refractivity contribution in [2.45, 2.75) is 31.2 Å². The number of ether oxygens (including phenoxy) is 1. The van der Waals surface area contributed by atoms with Gasteiger partial charge in [0.15, 0.2) is 6.61 Å². The molecule has 1 fully saturated rings. The normalized spacial score (nSPS) is 16.1. The summed E-state index contributed by atoms with van der Waals surface area (Å²) in [6.07, 6.45) is 2.34. The lowest BCUT2D eigenvalue weighted by Crippen LogP contribution is -2.55. The summed E-state index contributed by atoms with van der Waals surface area (Å²) in [5.74, 6) is -0.572. The van der Waals surface area contributed by atoms with E-state index < -0.39 is 11.5 Å². The molecule has 1 saturated carbocycles. The van der Waals surface area contributed by atoms with E-state index in [9.17, 15) is 9.59 Å². The molecule has 20 heavy (non-hydrogen) atoms. The van der Waals surface area contributed by atoms with Crippen LogP contribution in [0.25, 0.3) is 0 Å². The summed E-state index contributed by atoms with van der Waals surface area (Å²) in [7, 11) is 0. The number of nitrogens with one attached hydrogen (secondary N) is 1. The van der Waals surface area contributed by atoms with E-state index in [1.807, 2.05) is 12.1 Å². The zero-order valence-corrected chi connectivity index (χ0v) is 12.5. The predicted octanol–water partition coefficient (Wildman–Crippen LogP) is 2.34. The summed E-state index contributed by atoms with van der Waals surface area (Å²) in [6.45, 7) is -0.108. The van der Waals surface area contributed by atoms with Crippen LogP contribution in [0.3, 0.4) is 0 Å². The van der Waals surface area contributed by atoms with Crippen molar-refractivity contribution in [3.63, 3.8) is 0 Å². The third-order valence-corrected chi connectivity index (χ3v) is 3.92. The molecule has 6 heteroatoms. The van der Waals surface area contributed by atoms with Crippen LogP contribution < -0.4 is 10.1 Å². The molecule has 1 aromatic carbocycles. The van der Waals surface area contributed by atoms with Crippen molar-refractivity contribution in [3.8, 4) is 5.75 Å². The summed E-state index contributed by atoms with van der Waals surface area (Å²) in [5, 5.41) is 11.7. The lowest BCUT2D eigenvalue weighted by atomic mass is 9.74. The lowest BCUT2D eigenvalue weighted by molar-refractivity contribution is -0.140. The number of hydrogen-bond acceptors (Lipinski definition) is 3. The third kappa shape index (κ3) is 3.96. The molecule has 0 radical (unpaired) electrons. The van der Waals surface area contributed by atoms with E-state index in [0.29, 0.717) is 18.6 Å². The Bertz CT molecular complexity index is 496. The Morgan fingerprint density at radius 2 is 1.95 bits per heavy atom. The van der Waals surface area contributed by atoms with Gasteiger partial charge in [0.25, 0.3) is 5.91 Å². The monoisotopic (exact) mass is 341 g/mol. The fourth-order valence-electron chi connectivity index (χ4n) is 2.25. The molecule has 0 aliphatic heterocycles. The van der Waals surface area contributed by atoms with Gasteiger partial charge in [0, 0.05) is 4.47 Å². The summed E-state index contributed by atoms with van der Waals surface area (Å²) < 4.78 is 6.30. The molecular formula is C14H16BrNO4. The number of hydrogen-bond donors (Lipinski definition) is 2. The molecule has 0 saturated heterocycles. The van der Waals surface area contributed by atoms with Crippen molar-refractivity contribution in [3.05, 3.63) is 28.7 Å². The van der Waals surface area contributed by atoms with Gasteiger partial charge in [-0.1, -0.05) is 15.9 Å². The zero-order chi connectivity index (χ0) is 14.6. The van der Waals surface area contributed by atoms with Gasteiger partial charge < -0.3 is 15.2 Å². The number of carboxylic acids is 1. The van der Waals surface area contributed by atoms with Crippen molar-refractivity contribution in [1.29, 1.82) is 0 Å². The molecule has 0 bridgehead atoms. The summed E-state index contributed by atoms with van der Waals surface area (Å²) >= 11 is 3.31. The van der Waals surface area contributed by atoms with E-state index in [2.05, 4.69) is 21.2 Å². The summed E-state index contributed by atoms with van der Waals surface area (Å²) in [4.78, 5) is 22.6. The fraction of sp³-hybridized carbons (Fsp3) is 0.429. The molecule has 2 N–H and O–H groups in total. The number of benzene rings is 1. The average Bonchev–Trinajstić information content (AvgIpc) is 2.35. The van der Waals surface area contributed by atoms with Gasteiger partial charge >= 0.3 is 5.97 Å². The first kappa shape index (κ1) is 14.8. The molecule has 0 atom stereocenters. The first-order valence-corrected chi connectivity index (χ1v) is 7.20. The molecule has 0 heterocycles. The first-order chi connectivity index (χ1) is 9.49. The molecule has 108 valence electrons. The fourth-order valence-corrected chi connectivity index (χ4v) is 2.51. The second-order valence-corrected chi connectivity index (χ2v) is 5.91. The van der Waals surface area contributed by atoms with Crippen molar-refractivity contribution in [1.82, 2.24) is 5.32 Å². The Morgan fingerprint density at radius 3 is 2.45 bits per heavy atom. The first-order valence-electron chi connectivity index (χ1n) is 6.40. The summed E-state index contributed by atoms with van der Waals surface area (Å²) in [5.41, 5.74) is -0.577. The van der Waals surface area contributed by atoms with Crippen molar-refractivity contribution < 1.29 is 19.4 Å². The maximum Gasteiger partial charge on any atom is 0.305 e. The number of halogens is 1. The van der Waals surface area contributed by atoms with Crippen LogP contribution in [0.5, 0.6) is 5.75 Å². The van der Waals surface area contributed by atoms with E-state index in [1.165, 1.54) is 0 Å². The molecule has 1 aliphatic carbocycles. The van der Waals surface area contributed by atoms with Crippen molar-refractivity contribution >= 4 is 27.8 Å². The number of rotatable bonds is 6. The van der Waals surface area contributed by atoms with Gasteiger partial charge in [-0.3, -0.25) is 9.59 Å². The minimum atomic E-state index is -0.890. The van der Waals surface area contributed by atoms with Crippen LogP contribution in [0.1, 0.15) is 25.7 Å². The van der Waals surface area contributed by atoms with Gasteiger partial charge in [-0.25, -0.2) is 0 Å². The van der Waals surface area contributed by atoms with Gasteiger partial charge in [-0.05, 0) is 43.5 Å². The van der Waals surface area contributed by atoms with Crippen LogP contribution in [-0.4, -0.2) is 29.1 Å². The van der Waals surface area contributed by atoms with Gasteiger partial charge in [0.1, 0.15) is 5.75 Å². The minimum Gasteiger partial charge on any atom is -0.484 e. The van der Waals surface area contributed by atoms with Crippen LogP contribution >= 0.6 is 15.9 Å². The van der Waals surface area contributed by atoms with Gasteiger partial charge in [0.2, 0.25) is 0 Å². The molecule has 0 aromatic heterocycles. The summed E-state index contributed by atoms with van der Waals surface area (Å²) in [6, 6.07) is 7.16. The second kappa shape index (κ2) is 6.26. The lowest BCUT2D eigenvalue weighted by Gasteiger charge is -2.41. The topological polar surface area (TPSA) is 75.6 Å². The Balaban J connectivity index is 1.83. The molecule has 1 amide bonds. The van der Waals surface area contributed by atoms with Crippen LogP contribution in [-0.2, 0) is 9.59 Å². The minimum absolute atomic E-state index is 0.0307. The van der Waals surface area contributed by atoms with E-state index >= 15 is 0 Å². The number of amides is 1. The highest BCUT2D eigenvalue weighted by molar-refractivity contribution is 9.10. The number of carbonyl (C=O) groups excluding carboxylic acids is 1. The van der Waals surface area contributed by atoms with E-state index in [4.69, 9.17) is 9.84 Å². The maximum absolute atomic E-state index is 11.8. The largest absolute Gasteiger partial charge is 0.484 e. The zero-order valence-electron chi connectivity index (χ0n) is 10.9. The molecule has 2 rings (SSSR count). The van der Waals surface area contributed by atoms with E-state index in [-0.39, 0.29) is 18.9 Å². The number of carboxylic acid groups (broad SMARTS) is 1. The molecule has 0 spiro atoms. The average molecular weight is 342 g/mol. The van der Waals surface area contributed by atoms with E-state index in [0.717, 1.165) is 10.9 Å². The highest BCUT2D eigenvalue weighted by Gasteiger charge is 2.40. The Hall–Kier alpha value is -1.56. The molecule has 1 aromatic rings. The SMILES string of the molecule is O=C(O)CC1(NC(=O)COc2ccc(Br)cc2)CCC1. The number of aliphatic carboxylic acids is 1. The number of carbonyl (C=O) groups is 2. The van der Waals surface area contributed by atoms with Gasteiger partial charge in [-0.15, -0.1) is 0 Å². The van der Waals surface area contributed by atoms with Gasteiger partial charge in [0.05, 0.1) is 12.0 Å². The standard InChI is InChI=1S/C14H16BrNO4/c15-10-2-4-11(5-3-10)20-9-12(17)16-14(6-1-7-14)8-13(18)19/h2-5H,1,6-9H2,(H,16,17)(H,18,19). The highest BCUT2D eigenvalue weighted by atomic mass is 79.9. The van der Waals surface area contributed by atoms with Crippen molar-refractivity contribution in [2.75, 3.05) is 6.61 Å².